The molecule has 98 valence electrons. The lowest BCUT2D eigenvalue weighted by Crippen LogP contribution is -2.42. The van der Waals surface area contributed by atoms with Crippen LogP contribution >= 0.6 is 11.8 Å². The minimum atomic E-state index is -4.03. The lowest BCUT2D eigenvalue weighted by atomic mass is 10.1. The van der Waals surface area contributed by atoms with Crippen molar-refractivity contribution in [2.75, 3.05) is 12.3 Å². The zero-order chi connectivity index (χ0) is 12.5. The molecular weight excluding hydrogens is 256 g/mol. The fourth-order valence-corrected chi connectivity index (χ4v) is 3.31. The first-order valence-electron chi connectivity index (χ1n) is 5.59. The molecule has 2 rings (SSSR count). The van der Waals surface area contributed by atoms with Crippen LogP contribution in [0.3, 0.4) is 0 Å². The summed E-state index contributed by atoms with van der Waals surface area (Å²) in [5, 5.41) is 3.44. The quantitative estimate of drug-likeness (QED) is 0.797. The number of alkyl halides is 4. The number of amidine groups is 1. The zero-order valence-corrected chi connectivity index (χ0v) is 9.95. The van der Waals surface area contributed by atoms with Gasteiger partial charge in [0.2, 0.25) is 0 Å². The van der Waals surface area contributed by atoms with E-state index in [1.807, 2.05) is 0 Å². The normalized spacial score (nSPS) is 31.7. The van der Waals surface area contributed by atoms with Gasteiger partial charge >= 0.3 is 12.3 Å². The summed E-state index contributed by atoms with van der Waals surface area (Å²) >= 11 is 1.35. The molecule has 1 saturated carbocycles. The van der Waals surface area contributed by atoms with Crippen LogP contribution in [-0.4, -0.2) is 35.9 Å². The minimum absolute atomic E-state index is 0.287. The second-order valence-corrected chi connectivity index (χ2v) is 5.44. The molecule has 2 aliphatic rings. The van der Waals surface area contributed by atoms with Gasteiger partial charge in [-0.2, -0.15) is 8.78 Å². The van der Waals surface area contributed by atoms with Crippen LogP contribution < -0.4 is 5.32 Å². The molecule has 0 aromatic heterocycles. The summed E-state index contributed by atoms with van der Waals surface area (Å²) in [4.78, 5) is 3.58. The standard InChI is InChI=1S/C10H14F4N2S/c11-8(12)10(13,14)5-15-9-16-7-3-1-2-6(7)4-17-9/h6-8H,1-5H2,(H,15,16). The van der Waals surface area contributed by atoms with E-state index in [1.165, 1.54) is 11.8 Å². The SMILES string of the molecule is FC(F)C(F)(F)CN=C1NC2CCCC2CS1. The Morgan fingerprint density at radius 2 is 2.18 bits per heavy atom. The van der Waals surface area contributed by atoms with Gasteiger partial charge in [-0.15, -0.1) is 0 Å². The third-order valence-electron chi connectivity index (χ3n) is 3.15. The number of hydrogen-bond acceptors (Lipinski definition) is 2. The fourth-order valence-electron chi connectivity index (χ4n) is 2.15. The van der Waals surface area contributed by atoms with E-state index in [9.17, 15) is 17.6 Å². The molecule has 0 radical (unpaired) electrons. The van der Waals surface area contributed by atoms with Gasteiger partial charge in [-0.25, -0.2) is 8.78 Å². The number of rotatable bonds is 3. The van der Waals surface area contributed by atoms with Crippen LogP contribution in [0, 0.1) is 5.92 Å². The van der Waals surface area contributed by atoms with Gasteiger partial charge in [0, 0.05) is 11.8 Å². The fraction of sp³-hybridized carbons (Fsp3) is 0.900. The molecule has 0 bridgehead atoms. The molecule has 2 fully saturated rings. The highest BCUT2D eigenvalue weighted by Crippen LogP contribution is 2.33. The minimum Gasteiger partial charge on any atom is -0.362 e. The van der Waals surface area contributed by atoms with Crippen molar-refractivity contribution in [1.29, 1.82) is 0 Å². The van der Waals surface area contributed by atoms with Gasteiger partial charge in [0.05, 0.1) is 0 Å². The Hall–Kier alpha value is -0.460. The number of aliphatic imine (C=N–C) groups is 1. The largest absolute Gasteiger partial charge is 0.362 e. The van der Waals surface area contributed by atoms with Crippen molar-refractivity contribution in [1.82, 2.24) is 5.32 Å². The molecule has 2 nitrogen and oxygen atoms in total. The average molecular weight is 270 g/mol. The summed E-state index contributed by atoms with van der Waals surface area (Å²) in [6.45, 7) is -1.14. The van der Waals surface area contributed by atoms with Crippen molar-refractivity contribution in [3.05, 3.63) is 0 Å². The summed E-state index contributed by atoms with van der Waals surface area (Å²) in [5.41, 5.74) is 0. The number of halogens is 4. The van der Waals surface area contributed by atoms with Crippen LogP contribution in [0.5, 0.6) is 0 Å². The molecule has 0 aromatic carbocycles. The van der Waals surface area contributed by atoms with Crippen LogP contribution in [0.4, 0.5) is 17.6 Å². The van der Waals surface area contributed by atoms with Crippen molar-refractivity contribution < 1.29 is 17.6 Å². The van der Waals surface area contributed by atoms with E-state index in [2.05, 4.69) is 10.3 Å². The van der Waals surface area contributed by atoms with Gasteiger partial charge in [0.15, 0.2) is 5.17 Å². The number of thioether (sulfide) groups is 1. The average Bonchev–Trinajstić information content (AvgIpc) is 2.73. The molecule has 1 aliphatic carbocycles. The zero-order valence-electron chi connectivity index (χ0n) is 9.13. The monoisotopic (exact) mass is 270 g/mol. The van der Waals surface area contributed by atoms with E-state index in [4.69, 9.17) is 0 Å². The number of nitrogens with zero attached hydrogens (tertiary/aromatic N) is 1. The molecule has 0 spiro atoms. The van der Waals surface area contributed by atoms with Gasteiger partial charge < -0.3 is 5.32 Å². The highest BCUT2D eigenvalue weighted by atomic mass is 32.2. The lowest BCUT2D eigenvalue weighted by Gasteiger charge is -2.28. The highest BCUT2D eigenvalue weighted by molar-refractivity contribution is 8.13. The molecular formula is C10H14F4N2S. The first-order chi connectivity index (χ1) is 7.99. The number of fused-ring (bicyclic) bond motifs is 1. The summed E-state index contributed by atoms with van der Waals surface area (Å²) < 4.78 is 49.2. The Morgan fingerprint density at radius 1 is 1.41 bits per heavy atom. The summed E-state index contributed by atoms with van der Waals surface area (Å²) in [7, 11) is 0. The predicted octanol–water partition coefficient (Wildman–Crippen LogP) is 2.75. The second-order valence-electron chi connectivity index (χ2n) is 4.44. The Morgan fingerprint density at radius 3 is 2.88 bits per heavy atom. The van der Waals surface area contributed by atoms with Crippen molar-refractivity contribution in [2.45, 2.75) is 37.7 Å². The molecule has 0 aromatic rings. The van der Waals surface area contributed by atoms with E-state index in [0.717, 1.165) is 25.0 Å². The first-order valence-corrected chi connectivity index (χ1v) is 6.57. The molecule has 1 N–H and O–H groups in total. The summed E-state index contributed by atoms with van der Waals surface area (Å²) in [6, 6.07) is 0.287. The van der Waals surface area contributed by atoms with E-state index < -0.39 is 18.9 Å². The van der Waals surface area contributed by atoms with Crippen molar-refractivity contribution in [3.63, 3.8) is 0 Å². The van der Waals surface area contributed by atoms with Crippen LogP contribution in [0.2, 0.25) is 0 Å². The van der Waals surface area contributed by atoms with E-state index in [1.54, 1.807) is 0 Å². The molecule has 7 heteroatoms. The van der Waals surface area contributed by atoms with Gasteiger partial charge in [-0.3, -0.25) is 4.99 Å². The topological polar surface area (TPSA) is 24.4 Å². The van der Waals surface area contributed by atoms with E-state index in [0.29, 0.717) is 11.1 Å². The molecule has 1 heterocycles. The first kappa shape index (κ1) is 13.0. The Kier molecular flexibility index (Phi) is 3.85. The van der Waals surface area contributed by atoms with Crippen molar-refractivity contribution in [2.24, 2.45) is 10.9 Å². The van der Waals surface area contributed by atoms with Gasteiger partial charge in [0.25, 0.3) is 0 Å². The highest BCUT2D eigenvalue weighted by Gasteiger charge is 2.41. The summed E-state index contributed by atoms with van der Waals surface area (Å²) in [5.74, 6) is -2.62. The maximum Gasteiger partial charge on any atom is 0.326 e. The van der Waals surface area contributed by atoms with Crippen LogP contribution in [0.1, 0.15) is 19.3 Å². The maximum atomic E-state index is 12.7. The third kappa shape index (κ3) is 3.05. The third-order valence-corrected chi connectivity index (χ3v) is 4.27. The van der Waals surface area contributed by atoms with Crippen molar-refractivity contribution in [3.8, 4) is 0 Å². The molecule has 2 atom stereocenters. The Bertz CT molecular complexity index is 309. The Labute approximate surface area is 101 Å². The predicted molar refractivity (Wildman–Crippen MR) is 60.0 cm³/mol. The second kappa shape index (κ2) is 5.04. The number of nitrogens with one attached hydrogen (secondary N) is 1. The van der Waals surface area contributed by atoms with Crippen LogP contribution in [0.25, 0.3) is 0 Å². The molecule has 17 heavy (non-hydrogen) atoms. The molecule has 2 unspecified atom stereocenters. The smallest absolute Gasteiger partial charge is 0.326 e. The van der Waals surface area contributed by atoms with Crippen LogP contribution in [-0.2, 0) is 0 Å². The Balaban J connectivity index is 1.90. The maximum absolute atomic E-state index is 12.7. The molecule has 1 aliphatic heterocycles. The van der Waals surface area contributed by atoms with Gasteiger partial charge in [0.1, 0.15) is 6.54 Å². The lowest BCUT2D eigenvalue weighted by molar-refractivity contribution is -0.119. The van der Waals surface area contributed by atoms with Crippen molar-refractivity contribution >= 4 is 16.9 Å². The molecule has 0 amide bonds. The van der Waals surface area contributed by atoms with Crippen LogP contribution in [0.15, 0.2) is 4.99 Å². The van der Waals surface area contributed by atoms with E-state index in [-0.39, 0.29) is 6.04 Å². The number of hydrogen-bond donors (Lipinski definition) is 1. The van der Waals surface area contributed by atoms with E-state index >= 15 is 0 Å². The summed E-state index contributed by atoms with van der Waals surface area (Å²) in [6.07, 6.45) is -0.371. The van der Waals surface area contributed by atoms with Gasteiger partial charge in [-0.1, -0.05) is 18.2 Å². The molecule has 1 saturated heterocycles. The van der Waals surface area contributed by atoms with Gasteiger partial charge in [-0.05, 0) is 18.8 Å².